The van der Waals surface area contributed by atoms with Gasteiger partial charge in [-0.15, -0.1) is 0 Å². The zero-order valence-corrected chi connectivity index (χ0v) is 14.9. The fraction of sp³-hybridized carbons (Fsp3) is 0.316. The topological polar surface area (TPSA) is 83.9 Å². The molecule has 2 unspecified atom stereocenters. The fourth-order valence-corrected chi connectivity index (χ4v) is 3.46. The summed E-state index contributed by atoms with van der Waals surface area (Å²) in [4.78, 5) is 21.5. The minimum atomic E-state index is -0.312. The number of carbonyl (C=O) groups excluding carboxylic acids is 1. The zero-order valence-electron chi connectivity index (χ0n) is 14.9. The van der Waals surface area contributed by atoms with Crippen LogP contribution in [0.15, 0.2) is 42.6 Å². The van der Waals surface area contributed by atoms with Crippen molar-refractivity contribution in [2.24, 2.45) is 0 Å². The monoisotopic (exact) mass is 350 g/mol. The molecule has 4 rings (SSSR count). The standard InChI is InChI=1S/C19H22N6O/c1-3-25-12(2)21-16-10-13(7-8-18(16)25)22-19(26)17-11-15(23-24-17)14-6-4-5-9-20-14/h4-10,15,17,23-24H,3,11H2,1-2H3,(H,22,26). The molecular formula is C19H22N6O. The number of amides is 1. The third-order valence-electron chi connectivity index (χ3n) is 4.79. The molecule has 1 amide bonds. The number of hydrazine groups is 1. The first-order valence-electron chi connectivity index (χ1n) is 8.85. The lowest BCUT2D eigenvalue weighted by Crippen LogP contribution is -2.39. The zero-order chi connectivity index (χ0) is 18.1. The van der Waals surface area contributed by atoms with Gasteiger partial charge in [-0.3, -0.25) is 9.78 Å². The molecule has 2 atom stereocenters. The number of hydrogen-bond donors (Lipinski definition) is 3. The summed E-state index contributed by atoms with van der Waals surface area (Å²) in [6, 6.07) is 11.4. The minimum absolute atomic E-state index is 0.0253. The van der Waals surface area contributed by atoms with Crippen molar-refractivity contribution in [2.45, 2.75) is 38.9 Å². The average molecular weight is 350 g/mol. The van der Waals surface area contributed by atoms with E-state index < -0.39 is 0 Å². The molecule has 7 heteroatoms. The van der Waals surface area contributed by atoms with Gasteiger partial charge >= 0.3 is 0 Å². The van der Waals surface area contributed by atoms with Gasteiger partial charge in [-0.2, -0.15) is 0 Å². The van der Waals surface area contributed by atoms with Gasteiger partial charge in [0.2, 0.25) is 5.91 Å². The van der Waals surface area contributed by atoms with E-state index in [0.717, 1.165) is 34.8 Å². The van der Waals surface area contributed by atoms with Crippen LogP contribution >= 0.6 is 0 Å². The molecule has 0 spiro atoms. The summed E-state index contributed by atoms with van der Waals surface area (Å²) in [6.07, 6.45) is 2.41. The summed E-state index contributed by atoms with van der Waals surface area (Å²) in [5.41, 5.74) is 9.87. The Morgan fingerprint density at radius 2 is 2.19 bits per heavy atom. The number of fused-ring (bicyclic) bond motifs is 1. The number of hydrogen-bond acceptors (Lipinski definition) is 5. The van der Waals surface area contributed by atoms with E-state index in [1.807, 2.05) is 43.3 Å². The van der Waals surface area contributed by atoms with Crippen molar-refractivity contribution in [1.29, 1.82) is 0 Å². The number of carbonyl (C=O) groups is 1. The van der Waals surface area contributed by atoms with Crippen LogP contribution in [0.3, 0.4) is 0 Å². The second kappa shape index (κ2) is 6.86. The highest BCUT2D eigenvalue weighted by Crippen LogP contribution is 2.23. The highest BCUT2D eigenvalue weighted by atomic mass is 16.2. The fourth-order valence-electron chi connectivity index (χ4n) is 3.46. The van der Waals surface area contributed by atoms with E-state index in [1.54, 1.807) is 6.20 Å². The Morgan fingerprint density at radius 3 is 2.96 bits per heavy atom. The van der Waals surface area contributed by atoms with Crippen LogP contribution in [-0.2, 0) is 11.3 Å². The van der Waals surface area contributed by atoms with E-state index in [-0.39, 0.29) is 18.0 Å². The number of imidazole rings is 1. The second-order valence-corrected chi connectivity index (χ2v) is 6.48. The number of benzene rings is 1. The maximum Gasteiger partial charge on any atom is 0.242 e. The van der Waals surface area contributed by atoms with Crippen molar-refractivity contribution >= 4 is 22.6 Å². The first kappa shape index (κ1) is 16.7. The number of aromatic nitrogens is 3. The van der Waals surface area contributed by atoms with Gasteiger partial charge in [-0.05, 0) is 50.6 Å². The van der Waals surface area contributed by atoms with Gasteiger partial charge in [0, 0.05) is 18.4 Å². The molecule has 7 nitrogen and oxygen atoms in total. The first-order chi connectivity index (χ1) is 12.7. The number of pyridine rings is 1. The molecule has 0 saturated carbocycles. The van der Waals surface area contributed by atoms with E-state index >= 15 is 0 Å². The normalized spacial score (nSPS) is 19.8. The molecule has 134 valence electrons. The quantitative estimate of drug-likeness (QED) is 0.672. The molecule has 1 fully saturated rings. The lowest BCUT2D eigenvalue weighted by atomic mass is 10.1. The van der Waals surface area contributed by atoms with Crippen LogP contribution in [-0.4, -0.2) is 26.5 Å². The Hall–Kier alpha value is -2.77. The van der Waals surface area contributed by atoms with Gasteiger partial charge in [-0.25, -0.2) is 15.8 Å². The van der Waals surface area contributed by atoms with Crippen LogP contribution in [0, 0.1) is 6.92 Å². The van der Waals surface area contributed by atoms with Crippen molar-refractivity contribution in [3.05, 3.63) is 54.1 Å². The van der Waals surface area contributed by atoms with Crippen molar-refractivity contribution in [2.75, 3.05) is 5.32 Å². The summed E-state index contributed by atoms with van der Waals surface area (Å²) in [5, 5.41) is 2.98. The summed E-state index contributed by atoms with van der Waals surface area (Å²) >= 11 is 0. The number of nitrogens with one attached hydrogen (secondary N) is 3. The highest BCUT2D eigenvalue weighted by molar-refractivity contribution is 5.96. The maximum atomic E-state index is 12.6. The van der Waals surface area contributed by atoms with Crippen molar-refractivity contribution < 1.29 is 4.79 Å². The Labute approximate surface area is 151 Å². The first-order valence-corrected chi connectivity index (χ1v) is 8.85. The van der Waals surface area contributed by atoms with Crippen molar-refractivity contribution in [1.82, 2.24) is 25.4 Å². The summed E-state index contributed by atoms with van der Waals surface area (Å²) in [6.45, 7) is 4.97. The molecule has 26 heavy (non-hydrogen) atoms. The molecular weight excluding hydrogens is 328 g/mol. The van der Waals surface area contributed by atoms with E-state index in [0.29, 0.717) is 6.42 Å². The van der Waals surface area contributed by atoms with E-state index in [1.165, 1.54) is 0 Å². The smallest absolute Gasteiger partial charge is 0.242 e. The maximum absolute atomic E-state index is 12.6. The van der Waals surface area contributed by atoms with Crippen LogP contribution in [0.25, 0.3) is 11.0 Å². The van der Waals surface area contributed by atoms with Crippen LogP contribution in [0.4, 0.5) is 5.69 Å². The number of nitrogens with zero attached hydrogens (tertiary/aromatic N) is 3. The van der Waals surface area contributed by atoms with Gasteiger partial charge in [0.15, 0.2) is 0 Å². The molecule has 1 aliphatic rings. The third-order valence-corrected chi connectivity index (χ3v) is 4.79. The van der Waals surface area contributed by atoms with E-state index in [2.05, 4.69) is 37.6 Å². The third kappa shape index (κ3) is 3.07. The SMILES string of the molecule is CCn1c(C)nc2cc(NC(=O)C3CC(c4ccccn4)NN3)ccc21. The summed E-state index contributed by atoms with van der Waals surface area (Å²) in [7, 11) is 0. The van der Waals surface area contributed by atoms with Crippen molar-refractivity contribution in [3.63, 3.8) is 0 Å². The lowest BCUT2D eigenvalue weighted by molar-refractivity contribution is -0.117. The predicted molar refractivity (Wildman–Crippen MR) is 100 cm³/mol. The average Bonchev–Trinajstić information content (AvgIpc) is 3.26. The second-order valence-electron chi connectivity index (χ2n) is 6.48. The van der Waals surface area contributed by atoms with E-state index in [9.17, 15) is 4.79 Å². The largest absolute Gasteiger partial charge is 0.329 e. The molecule has 1 aromatic carbocycles. The molecule has 3 N–H and O–H groups in total. The van der Waals surface area contributed by atoms with Crippen molar-refractivity contribution in [3.8, 4) is 0 Å². The molecule has 0 bridgehead atoms. The van der Waals surface area contributed by atoms with Crippen LogP contribution in [0.1, 0.15) is 30.9 Å². The summed E-state index contributed by atoms with van der Waals surface area (Å²) < 4.78 is 2.15. The van der Waals surface area contributed by atoms with Crippen LogP contribution in [0.5, 0.6) is 0 Å². The van der Waals surface area contributed by atoms with E-state index in [4.69, 9.17) is 0 Å². The highest BCUT2D eigenvalue weighted by Gasteiger charge is 2.30. The predicted octanol–water partition coefficient (Wildman–Crippen LogP) is 2.31. The molecule has 0 radical (unpaired) electrons. The number of aryl methyl sites for hydroxylation is 2. The van der Waals surface area contributed by atoms with Gasteiger partial charge < -0.3 is 9.88 Å². The Kier molecular flexibility index (Phi) is 4.40. The Bertz CT molecular complexity index is 936. The Balaban J connectivity index is 1.46. The number of anilines is 1. The molecule has 1 saturated heterocycles. The van der Waals surface area contributed by atoms with Crippen LogP contribution < -0.4 is 16.2 Å². The van der Waals surface area contributed by atoms with Gasteiger partial charge in [0.25, 0.3) is 0 Å². The van der Waals surface area contributed by atoms with Gasteiger partial charge in [0.1, 0.15) is 11.9 Å². The molecule has 1 aliphatic heterocycles. The van der Waals surface area contributed by atoms with Crippen LogP contribution in [0.2, 0.25) is 0 Å². The minimum Gasteiger partial charge on any atom is -0.329 e. The molecule has 3 aromatic rings. The Morgan fingerprint density at radius 1 is 1.31 bits per heavy atom. The van der Waals surface area contributed by atoms with Gasteiger partial charge in [0.05, 0.1) is 22.8 Å². The molecule has 3 heterocycles. The summed E-state index contributed by atoms with van der Waals surface area (Å²) in [5.74, 6) is 0.910. The van der Waals surface area contributed by atoms with Gasteiger partial charge in [-0.1, -0.05) is 6.07 Å². The number of rotatable bonds is 4. The lowest BCUT2D eigenvalue weighted by Gasteiger charge is -2.11. The molecule has 0 aliphatic carbocycles. The molecule has 2 aromatic heterocycles.